The lowest BCUT2D eigenvalue weighted by atomic mass is 9.88. The smallest absolute Gasteiger partial charge is 0.163 e. The fourth-order valence-corrected chi connectivity index (χ4v) is 1.74. The van der Waals surface area contributed by atoms with Gasteiger partial charge in [0.05, 0.1) is 20.3 Å². The minimum atomic E-state index is -0.857. The first kappa shape index (κ1) is 14.8. The van der Waals surface area contributed by atoms with Crippen molar-refractivity contribution in [1.29, 1.82) is 0 Å². The van der Waals surface area contributed by atoms with Gasteiger partial charge in [0.2, 0.25) is 0 Å². The second-order valence-corrected chi connectivity index (χ2v) is 4.78. The Hall–Kier alpha value is -1.29. The van der Waals surface area contributed by atoms with Crippen molar-refractivity contribution >= 4 is 0 Å². The lowest BCUT2D eigenvalue weighted by Gasteiger charge is -2.23. The molecular formula is C14H21FO3. The van der Waals surface area contributed by atoms with Gasteiger partial charge in [-0.3, -0.25) is 0 Å². The van der Waals surface area contributed by atoms with Gasteiger partial charge in [0.15, 0.2) is 11.5 Å². The molecule has 0 spiro atoms. The van der Waals surface area contributed by atoms with Crippen molar-refractivity contribution < 1.29 is 19.0 Å². The van der Waals surface area contributed by atoms with E-state index in [1.54, 1.807) is 0 Å². The zero-order valence-electron chi connectivity index (χ0n) is 11.5. The van der Waals surface area contributed by atoms with E-state index in [0.717, 1.165) is 0 Å². The Morgan fingerprint density at radius 1 is 1.06 bits per heavy atom. The first-order valence-electron chi connectivity index (χ1n) is 6.01. The Labute approximate surface area is 108 Å². The molecule has 2 unspecified atom stereocenters. The molecule has 18 heavy (non-hydrogen) atoms. The lowest BCUT2D eigenvalue weighted by molar-refractivity contribution is 0.0883. The van der Waals surface area contributed by atoms with Gasteiger partial charge in [0.25, 0.3) is 0 Å². The van der Waals surface area contributed by atoms with Crippen molar-refractivity contribution in [3.8, 4) is 11.5 Å². The molecule has 3 nitrogen and oxygen atoms in total. The van der Waals surface area contributed by atoms with Gasteiger partial charge in [-0.1, -0.05) is 20.8 Å². The van der Waals surface area contributed by atoms with Crippen molar-refractivity contribution in [3.05, 3.63) is 23.5 Å². The van der Waals surface area contributed by atoms with Crippen LogP contribution < -0.4 is 9.47 Å². The second-order valence-electron chi connectivity index (χ2n) is 4.78. The van der Waals surface area contributed by atoms with E-state index in [0.29, 0.717) is 11.5 Å². The Morgan fingerprint density at radius 2 is 1.56 bits per heavy atom. The summed E-state index contributed by atoms with van der Waals surface area (Å²) >= 11 is 0. The Kier molecular flexibility index (Phi) is 4.96. The number of aliphatic hydroxyl groups is 1. The van der Waals surface area contributed by atoms with Crippen molar-refractivity contribution in [2.24, 2.45) is 11.8 Å². The first-order chi connectivity index (χ1) is 8.42. The summed E-state index contributed by atoms with van der Waals surface area (Å²) in [6, 6.07) is 2.74. The predicted molar refractivity (Wildman–Crippen MR) is 68.5 cm³/mol. The summed E-state index contributed by atoms with van der Waals surface area (Å²) in [6.45, 7) is 5.88. The van der Waals surface area contributed by atoms with Gasteiger partial charge in [-0.05, 0) is 17.9 Å². The Morgan fingerprint density at radius 3 is 2.00 bits per heavy atom. The fraction of sp³-hybridized carbons (Fsp3) is 0.571. The molecule has 2 atom stereocenters. The number of hydrogen-bond acceptors (Lipinski definition) is 3. The molecule has 0 saturated heterocycles. The van der Waals surface area contributed by atoms with Crippen molar-refractivity contribution in [2.45, 2.75) is 26.9 Å². The number of methoxy groups -OCH3 is 2. The van der Waals surface area contributed by atoms with Gasteiger partial charge in [0, 0.05) is 11.6 Å². The number of aliphatic hydroxyl groups excluding tert-OH is 1. The highest BCUT2D eigenvalue weighted by Crippen LogP contribution is 2.36. The summed E-state index contributed by atoms with van der Waals surface area (Å²) in [6.07, 6.45) is -0.857. The molecule has 0 radical (unpaired) electrons. The maximum absolute atomic E-state index is 13.9. The van der Waals surface area contributed by atoms with Crippen LogP contribution in [0, 0.1) is 17.7 Å². The second kappa shape index (κ2) is 6.05. The average Bonchev–Trinajstić information content (AvgIpc) is 2.36. The van der Waals surface area contributed by atoms with Crippen molar-refractivity contribution in [1.82, 2.24) is 0 Å². The maximum atomic E-state index is 13.9. The number of rotatable bonds is 5. The molecule has 1 N–H and O–H groups in total. The number of benzene rings is 1. The van der Waals surface area contributed by atoms with E-state index in [2.05, 4.69) is 0 Å². The molecule has 0 aliphatic heterocycles. The highest BCUT2D eigenvalue weighted by atomic mass is 19.1. The standard InChI is InChI=1S/C14H21FO3/c1-8(2)9(3)14(16)10-6-12(17-4)13(18-5)7-11(10)15/h6-9,14,16H,1-5H3. The zero-order valence-corrected chi connectivity index (χ0v) is 11.5. The Bertz CT molecular complexity index is 404. The third-order valence-corrected chi connectivity index (χ3v) is 3.37. The third-order valence-electron chi connectivity index (χ3n) is 3.37. The molecular weight excluding hydrogens is 235 g/mol. The van der Waals surface area contributed by atoms with Crippen LogP contribution in [0.4, 0.5) is 4.39 Å². The minimum Gasteiger partial charge on any atom is -0.493 e. The summed E-state index contributed by atoms with van der Waals surface area (Å²) in [7, 11) is 2.93. The quantitative estimate of drug-likeness (QED) is 0.879. The molecule has 1 aromatic carbocycles. The zero-order chi connectivity index (χ0) is 13.9. The van der Waals surface area contributed by atoms with Gasteiger partial charge < -0.3 is 14.6 Å². The normalized spacial score (nSPS) is 14.4. The van der Waals surface area contributed by atoms with E-state index in [9.17, 15) is 9.50 Å². The van der Waals surface area contributed by atoms with Gasteiger partial charge in [-0.2, -0.15) is 0 Å². The van der Waals surface area contributed by atoms with E-state index < -0.39 is 11.9 Å². The average molecular weight is 256 g/mol. The van der Waals surface area contributed by atoms with Crippen LogP contribution in [-0.4, -0.2) is 19.3 Å². The predicted octanol–water partition coefficient (Wildman–Crippen LogP) is 3.17. The number of halogens is 1. The molecule has 0 aliphatic rings. The molecule has 102 valence electrons. The molecule has 4 heteroatoms. The van der Waals surface area contributed by atoms with E-state index in [-0.39, 0.29) is 17.4 Å². The SMILES string of the molecule is COc1cc(F)c(C(O)C(C)C(C)C)cc1OC. The fourth-order valence-electron chi connectivity index (χ4n) is 1.74. The summed E-state index contributed by atoms with van der Waals surface area (Å²) in [5.74, 6) is 0.477. The van der Waals surface area contributed by atoms with Crippen LogP contribution in [0.15, 0.2) is 12.1 Å². The lowest BCUT2D eigenvalue weighted by Crippen LogP contribution is -2.16. The van der Waals surface area contributed by atoms with Crippen LogP contribution in [0.25, 0.3) is 0 Å². The Balaban J connectivity index is 3.16. The van der Waals surface area contributed by atoms with Crippen molar-refractivity contribution in [3.63, 3.8) is 0 Å². The number of ether oxygens (including phenoxy) is 2. The summed E-state index contributed by atoms with van der Waals surface area (Å²) in [5, 5.41) is 10.2. The molecule has 0 fully saturated rings. The van der Waals surface area contributed by atoms with Crippen LogP contribution in [0.5, 0.6) is 11.5 Å². The summed E-state index contributed by atoms with van der Waals surface area (Å²) in [5.41, 5.74) is 0.244. The van der Waals surface area contributed by atoms with Crippen LogP contribution in [0.2, 0.25) is 0 Å². The van der Waals surface area contributed by atoms with Crippen molar-refractivity contribution in [2.75, 3.05) is 14.2 Å². The third kappa shape index (κ3) is 2.93. The molecule has 0 aliphatic carbocycles. The van der Waals surface area contributed by atoms with Gasteiger partial charge in [-0.25, -0.2) is 4.39 Å². The molecule has 0 bridgehead atoms. The van der Waals surface area contributed by atoms with Crippen LogP contribution in [0.1, 0.15) is 32.4 Å². The van der Waals surface area contributed by atoms with Gasteiger partial charge in [0.1, 0.15) is 5.82 Å². The van der Waals surface area contributed by atoms with Gasteiger partial charge in [-0.15, -0.1) is 0 Å². The first-order valence-corrected chi connectivity index (χ1v) is 6.01. The molecule has 0 amide bonds. The topological polar surface area (TPSA) is 38.7 Å². The van der Waals surface area contributed by atoms with Crippen LogP contribution in [0.3, 0.4) is 0 Å². The van der Waals surface area contributed by atoms with Crippen LogP contribution in [-0.2, 0) is 0 Å². The minimum absolute atomic E-state index is 0.0439. The number of hydrogen-bond donors (Lipinski definition) is 1. The molecule has 1 rings (SSSR count). The highest BCUT2D eigenvalue weighted by Gasteiger charge is 2.24. The monoisotopic (exact) mass is 256 g/mol. The molecule has 0 heterocycles. The summed E-state index contributed by atoms with van der Waals surface area (Å²) in [4.78, 5) is 0. The highest BCUT2D eigenvalue weighted by molar-refractivity contribution is 5.44. The van der Waals surface area contributed by atoms with Gasteiger partial charge >= 0.3 is 0 Å². The summed E-state index contributed by atoms with van der Waals surface area (Å²) < 4.78 is 24.1. The van der Waals surface area contributed by atoms with E-state index in [4.69, 9.17) is 9.47 Å². The van der Waals surface area contributed by atoms with E-state index in [1.807, 2.05) is 20.8 Å². The van der Waals surface area contributed by atoms with E-state index in [1.165, 1.54) is 26.4 Å². The van der Waals surface area contributed by atoms with Crippen LogP contribution >= 0.6 is 0 Å². The maximum Gasteiger partial charge on any atom is 0.163 e. The largest absolute Gasteiger partial charge is 0.493 e. The molecule has 1 aromatic rings. The van der Waals surface area contributed by atoms with E-state index >= 15 is 0 Å². The molecule has 0 saturated carbocycles. The molecule has 0 aromatic heterocycles.